The molecule has 0 unspecified atom stereocenters. The number of amides is 1. The van der Waals surface area contributed by atoms with Crippen molar-refractivity contribution in [3.8, 4) is 11.6 Å². The van der Waals surface area contributed by atoms with Crippen LogP contribution in [0.4, 0.5) is 4.79 Å². The summed E-state index contributed by atoms with van der Waals surface area (Å²) in [5.74, 6) is 1.05. The highest BCUT2D eigenvalue weighted by atomic mass is 16.5. The van der Waals surface area contributed by atoms with Gasteiger partial charge in [-0.2, -0.15) is 4.98 Å². The maximum Gasteiger partial charge on any atom is 0.405 e. The van der Waals surface area contributed by atoms with Crippen molar-refractivity contribution in [3.05, 3.63) is 17.7 Å². The Labute approximate surface area is 89.2 Å². The van der Waals surface area contributed by atoms with Crippen LogP contribution < -0.4 is 5.32 Å². The highest BCUT2D eigenvalue weighted by Gasteiger charge is 2.12. The summed E-state index contributed by atoms with van der Waals surface area (Å²) in [4.78, 5) is 14.2. The number of nitrogens with zero attached hydrogens (tertiary/aromatic N) is 3. The second kappa shape index (κ2) is 4.01. The van der Waals surface area contributed by atoms with Crippen LogP contribution in [-0.4, -0.2) is 26.5 Å². The molecular formula is C8H8N4O4. The minimum atomic E-state index is -1.15. The molecule has 2 N–H and O–H groups in total. The molecule has 2 heterocycles. The van der Waals surface area contributed by atoms with E-state index in [2.05, 4.69) is 20.6 Å². The van der Waals surface area contributed by atoms with Gasteiger partial charge in [-0.15, -0.1) is 0 Å². The molecule has 0 aromatic carbocycles. The fraction of sp³-hybridized carbons (Fsp3) is 0.250. The Morgan fingerprint density at radius 2 is 2.31 bits per heavy atom. The fourth-order valence-corrected chi connectivity index (χ4v) is 1.05. The van der Waals surface area contributed by atoms with Gasteiger partial charge < -0.3 is 19.5 Å². The van der Waals surface area contributed by atoms with Crippen LogP contribution in [0.1, 0.15) is 11.6 Å². The summed E-state index contributed by atoms with van der Waals surface area (Å²) in [5.41, 5.74) is 0.423. The molecular weight excluding hydrogens is 216 g/mol. The first-order valence-corrected chi connectivity index (χ1v) is 4.38. The number of carbonyl (C=O) groups is 1. The Hall–Kier alpha value is -2.38. The third kappa shape index (κ3) is 2.16. The molecule has 2 aromatic rings. The third-order valence-corrected chi connectivity index (χ3v) is 1.71. The molecule has 2 aromatic heterocycles. The van der Waals surface area contributed by atoms with Gasteiger partial charge in [0.15, 0.2) is 11.5 Å². The Morgan fingerprint density at radius 3 is 2.94 bits per heavy atom. The van der Waals surface area contributed by atoms with Crippen molar-refractivity contribution < 1.29 is 18.9 Å². The molecule has 16 heavy (non-hydrogen) atoms. The molecule has 0 atom stereocenters. The molecule has 0 aliphatic heterocycles. The number of aryl methyl sites for hydroxylation is 1. The van der Waals surface area contributed by atoms with E-state index in [1.807, 2.05) is 0 Å². The number of carboxylic acid groups (broad SMARTS) is 1. The van der Waals surface area contributed by atoms with Crippen molar-refractivity contribution in [2.75, 3.05) is 0 Å². The van der Waals surface area contributed by atoms with Gasteiger partial charge in [-0.3, -0.25) is 0 Å². The molecule has 8 nitrogen and oxygen atoms in total. The van der Waals surface area contributed by atoms with E-state index in [9.17, 15) is 4.79 Å². The molecule has 0 fully saturated rings. The highest BCUT2D eigenvalue weighted by Crippen LogP contribution is 2.16. The van der Waals surface area contributed by atoms with Crippen LogP contribution in [0.15, 0.2) is 15.1 Å². The van der Waals surface area contributed by atoms with Crippen LogP contribution in [-0.2, 0) is 6.54 Å². The van der Waals surface area contributed by atoms with Gasteiger partial charge in [-0.1, -0.05) is 10.3 Å². The van der Waals surface area contributed by atoms with E-state index in [0.717, 1.165) is 0 Å². The summed E-state index contributed by atoms with van der Waals surface area (Å²) in [6, 6.07) is 1.64. The van der Waals surface area contributed by atoms with Gasteiger partial charge in [-0.25, -0.2) is 4.79 Å². The minimum absolute atomic E-state index is 0.0182. The average molecular weight is 224 g/mol. The molecule has 0 aliphatic rings. The zero-order valence-corrected chi connectivity index (χ0v) is 8.30. The van der Waals surface area contributed by atoms with Crippen molar-refractivity contribution in [2.24, 2.45) is 0 Å². The van der Waals surface area contributed by atoms with Crippen LogP contribution >= 0.6 is 0 Å². The Kier molecular flexibility index (Phi) is 2.54. The third-order valence-electron chi connectivity index (χ3n) is 1.71. The van der Waals surface area contributed by atoms with E-state index in [1.165, 1.54) is 0 Å². The number of nitrogens with one attached hydrogen (secondary N) is 1. The maximum atomic E-state index is 10.2. The standard InChI is InChI=1S/C8H8N4O4/c1-4-2-5(11-15-4)7-10-6(12-16-7)3-9-8(13)14/h2,9H,3H2,1H3,(H,13,14). The van der Waals surface area contributed by atoms with Crippen LogP contribution in [0.3, 0.4) is 0 Å². The summed E-state index contributed by atoms with van der Waals surface area (Å²) in [7, 11) is 0. The topological polar surface area (TPSA) is 114 Å². The Bertz CT molecular complexity index is 504. The lowest BCUT2D eigenvalue weighted by atomic mass is 10.4. The normalized spacial score (nSPS) is 10.3. The van der Waals surface area contributed by atoms with Gasteiger partial charge in [0.1, 0.15) is 5.76 Å². The van der Waals surface area contributed by atoms with Crippen molar-refractivity contribution in [1.82, 2.24) is 20.6 Å². The SMILES string of the molecule is Cc1cc(-c2nc(CNC(=O)O)no2)no1. The largest absolute Gasteiger partial charge is 0.465 e. The van der Waals surface area contributed by atoms with Crippen molar-refractivity contribution in [1.29, 1.82) is 0 Å². The van der Waals surface area contributed by atoms with Crippen LogP contribution in [0.25, 0.3) is 11.6 Å². The van der Waals surface area contributed by atoms with E-state index in [4.69, 9.17) is 14.2 Å². The van der Waals surface area contributed by atoms with E-state index in [-0.39, 0.29) is 18.3 Å². The van der Waals surface area contributed by atoms with Crippen LogP contribution in [0.2, 0.25) is 0 Å². The maximum absolute atomic E-state index is 10.2. The van der Waals surface area contributed by atoms with Gasteiger partial charge in [0.05, 0.1) is 6.54 Å². The van der Waals surface area contributed by atoms with E-state index < -0.39 is 6.09 Å². The molecule has 8 heteroatoms. The first kappa shape index (κ1) is 10.1. The summed E-state index contributed by atoms with van der Waals surface area (Å²) in [5, 5.41) is 17.8. The second-order valence-electron chi connectivity index (χ2n) is 3.00. The summed E-state index contributed by atoms with van der Waals surface area (Å²) in [6.45, 7) is 1.72. The van der Waals surface area contributed by atoms with Gasteiger partial charge in [-0.05, 0) is 6.92 Å². The van der Waals surface area contributed by atoms with E-state index >= 15 is 0 Å². The van der Waals surface area contributed by atoms with Gasteiger partial charge in [0.25, 0.3) is 5.89 Å². The summed E-state index contributed by atoms with van der Waals surface area (Å²) < 4.78 is 9.72. The van der Waals surface area contributed by atoms with Gasteiger partial charge >= 0.3 is 6.09 Å². The number of rotatable bonds is 3. The quantitative estimate of drug-likeness (QED) is 0.792. The first-order valence-electron chi connectivity index (χ1n) is 4.38. The molecule has 0 radical (unpaired) electrons. The predicted molar refractivity (Wildman–Crippen MR) is 49.4 cm³/mol. The molecule has 0 saturated heterocycles. The van der Waals surface area contributed by atoms with Crippen LogP contribution in [0, 0.1) is 6.92 Å². The summed E-state index contributed by atoms with van der Waals surface area (Å²) >= 11 is 0. The Morgan fingerprint density at radius 1 is 1.50 bits per heavy atom. The lowest BCUT2D eigenvalue weighted by Crippen LogP contribution is -2.20. The molecule has 84 valence electrons. The van der Waals surface area contributed by atoms with Gasteiger partial charge in [0.2, 0.25) is 0 Å². The number of aromatic nitrogens is 3. The minimum Gasteiger partial charge on any atom is -0.465 e. The predicted octanol–water partition coefficient (Wildman–Crippen LogP) is 0.801. The van der Waals surface area contributed by atoms with Crippen molar-refractivity contribution in [3.63, 3.8) is 0 Å². The lowest BCUT2D eigenvalue weighted by molar-refractivity contribution is 0.193. The lowest BCUT2D eigenvalue weighted by Gasteiger charge is -1.91. The number of hydrogen-bond donors (Lipinski definition) is 2. The zero-order valence-electron chi connectivity index (χ0n) is 8.30. The first-order chi connectivity index (χ1) is 7.65. The molecule has 0 aliphatic carbocycles. The fourth-order valence-electron chi connectivity index (χ4n) is 1.05. The van der Waals surface area contributed by atoms with Crippen LogP contribution in [0.5, 0.6) is 0 Å². The monoisotopic (exact) mass is 224 g/mol. The molecule has 1 amide bonds. The smallest absolute Gasteiger partial charge is 0.405 e. The molecule has 0 spiro atoms. The van der Waals surface area contributed by atoms with Crippen molar-refractivity contribution in [2.45, 2.75) is 13.5 Å². The van der Waals surface area contributed by atoms with Crippen molar-refractivity contribution >= 4 is 6.09 Å². The highest BCUT2D eigenvalue weighted by molar-refractivity contribution is 5.64. The molecule has 0 bridgehead atoms. The number of hydrogen-bond acceptors (Lipinski definition) is 6. The Balaban J connectivity index is 2.10. The molecule has 0 saturated carbocycles. The molecule has 2 rings (SSSR count). The van der Waals surface area contributed by atoms with E-state index in [1.54, 1.807) is 13.0 Å². The average Bonchev–Trinajstić information content (AvgIpc) is 2.83. The summed E-state index contributed by atoms with van der Waals surface area (Å²) in [6.07, 6.45) is -1.15. The second-order valence-corrected chi connectivity index (χ2v) is 3.00. The van der Waals surface area contributed by atoms with E-state index in [0.29, 0.717) is 11.5 Å². The van der Waals surface area contributed by atoms with Gasteiger partial charge in [0, 0.05) is 6.07 Å². The zero-order chi connectivity index (χ0) is 11.5.